The minimum Gasteiger partial charge on any atom is -0.443 e. The summed E-state index contributed by atoms with van der Waals surface area (Å²) in [4.78, 5) is 15.5. The standard InChI is InChI=1S/C12H21N3O2.ClH/c1-12(2,3)9-7-15-11(17-9)8-14-10(16)5-6-13-4;/h7,13H,5-6,8H2,1-4H3,(H,14,16);1H. The zero-order valence-corrected chi connectivity index (χ0v) is 12.2. The van der Waals surface area contributed by atoms with Gasteiger partial charge >= 0.3 is 0 Å². The van der Waals surface area contributed by atoms with Crippen molar-refractivity contribution in [1.82, 2.24) is 15.6 Å². The monoisotopic (exact) mass is 275 g/mol. The molecule has 1 rings (SSSR count). The van der Waals surface area contributed by atoms with Gasteiger partial charge in [-0.05, 0) is 7.05 Å². The summed E-state index contributed by atoms with van der Waals surface area (Å²) in [5.74, 6) is 1.37. The third-order valence-corrected chi connectivity index (χ3v) is 2.33. The Morgan fingerprint density at radius 1 is 1.44 bits per heavy atom. The van der Waals surface area contributed by atoms with Gasteiger partial charge in [-0.25, -0.2) is 4.98 Å². The Morgan fingerprint density at radius 2 is 2.11 bits per heavy atom. The van der Waals surface area contributed by atoms with E-state index in [0.717, 1.165) is 5.76 Å². The van der Waals surface area contributed by atoms with Gasteiger partial charge in [0.05, 0.1) is 12.7 Å². The Bertz CT molecular complexity index is 372. The third kappa shape index (κ3) is 5.51. The molecule has 0 aromatic carbocycles. The van der Waals surface area contributed by atoms with E-state index in [0.29, 0.717) is 25.4 Å². The SMILES string of the molecule is CNCCC(=O)NCc1ncc(C(C)(C)C)o1.Cl. The van der Waals surface area contributed by atoms with Crippen LogP contribution in [-0.2, 0) is 16.8 Å². The molecule has 1 aromatic heterocycles. The minimum atomic E-state index is -0.0542. The highest BCUT2D eigenvalue weighted by atomic mass is 35.5. The second-order valence-corrected chi connectivity index (χ2v) is 5.00. The fraction of sp³-hybridized carbons (Fsp3) is 0.667. The van der Waals surface area contributed by atoms with Crippen molar-refractivity contribution in [3.8, 4) is 0 Å². The van der Waals surface area contributed by atoms with E-state index < -0.39 is 0 Å². The summed E-state index contributed by atoms with van der Waals surface area (Å²) < 4.78 is 5.56. The summed E-state index contributed by atoms with van der Waals surface area (Å²) in [6.07, 6.45) is 2.18. The number of halogens is 1. The number of hydrogen-bond donors (Lipinski definition) is 2. The number of nitrogens with one attached hydrogen (secondary N) is 2. The maximum atomic E-state index is 11.4. The molecule has 0 bridgehead atoms. The molecule has 0 fully saturated rings. The number of oxazole rings is 1. The van der Waals surface area contributed by atoms with Gasteiger partial charge in [-0.15, -0.1) is 12.4 Å². The second-order valence-electron chi connectivity index (χ2n) is 5.00. The van der Waals surface area contributed by atoms with Gasteiger partial charge in [-0.1, -0.05) is 20.8 Å². The molecule has 0 aliphatic heterocycles. The summed E-state index contributed by atoms with van der Waals surface area (Å²) >= 11 is 0. The van der Waals surface area contributed by atoms with E-state index in [1.54, 1.807) is 6.20 Å². The molecular formula is C12H22ClN3O2. The topological polar surface area (TPSA) is 67.2 Å². The van der Waals surface area contributed by atoms with Crippen LogP contribution in [0, 0.1) is 0 Å². The summed E-state index contributed by atoms with van der Waals surface area (Å²) in [7, 11) is 1.82. The van der Waals surface area contributed by atoms with Crippen LogP contribution in [-0.4, -0.2) is 24.5 Å². The smallest absolute Gasteiger partial charge is 0.221 e. The third-order valence-electron chi connectivity index (χ3n) is 2.33. The lowest BCUT2D eigenvalue weighted by Gasteiger charge is -2.13. The van der Waals surface area contributed by atoms with Gasteiger partial charge < -0.3 is 15.1 Å². The van der Waals surface area contributed by atoms with Gasteiger partial charge in [0.2, 0.25) is 11.8 Å². The molecule has 6 heteroatoms. The molecular weight excluding hydrogens is 254 g/mol. The van der Waals surface area contributed by atoms with E-state index in [4.69, 9.17) is 4.42 Å². The van der Waals surface area contributed by atoms with E-state index in [1.807, 2.05) is 7.05 Å². The molecule has 0 saturated carbocycles. The van der Waals surface area contributed by atoms with E-state index in [9.17, 15) is 4.79 Å². The molecule has 1 amide bonds. The predicted octanol–water partition coefficient (Wildman–Crippen LogP) is 1.62. The van der Waals surface area contributed by atoms with Gasteiger partial charge in [-0.2, -0.15) is 0 Å². The van der Waals surface area contributed by atoms with Crippen LogP contribution < -0.4 is 10.6 Å². The average Bonchev–Trinajstić information content (AvgIpc) is 2.71. The van der Waals surface area contributed by atoms with E-state index >= 15 is 0 Å². The zero-order valence-electron chi connectivity index (χ0n) is 11.4. The number of carbonyl (C=O) groups excluding carboxylic acids is 1. The van der Waals surface area contributed by atoms with Crippen molar-refractivity contribution in [2.24, 2.45) is 0 Å². The highest BCUT2D eigenvalue weighted by Crippen LogP contribution is 2.22. The quantitative estimate of drug-likeness (QED) is 0.857. The van der Waals surface area contributed by atoms with Crippen LogP contribution >= 0.6 is 12.4 Å². The van der Waals surface area contributed by atoms with Crippen LogP contribution in [0.1, 0.15) is 38.8 Å². The first kappa shape index (κ1) is 16.9. The molecule has 2 N–H and O–H groups in total. The second kappa shape index (κ2) is 7.38. The van der Waals surface area contributed by atoms with Crippen LogP contribution in [0.3, 0.4) is 0 Å². The molecule has 0 aliphatic carbocycles. The van der Waals surface area contributed by atoms with Crippen molar-refractivity contribution in [3.63, 3.8) is 0 Å². The first-order valence-electron chi connectivity index (χ1n) is 5.80. The number of rotatable bonds is 5. The Balaban J connectivity index is 0.00000289. The van der Waals surface area contributed by atoms with Gasteiger partial charge in [0.1, 0.15) is 5.76 Å². The summed E-state index contributed by atoms with van der Waals surface area (Å²) in [5, 5.41) is 5.68. The van der Waals surface area contributed by atoms with Crippen LogP contribution in [0.5, 0.6) is 0 Å². The molecule has 1 aromatic rings. The van der Waals surface area contributed by atoms with Gasteiger partial charge in [0, 0.05) is 18.4 Å². The predicted molar refractivity (Wildman–Crippen MR) is 72.8 cm³/mol. The number of amides is 1. The van der Waals surface area contributed by atoms with Gasteiger partial charge in [0.15, 0.2) is 0 Å². The molecule has 0 aliphatic rings. The van der Waals surface area contributed by atoms with E-state index in [-0.39, 0.29) is 23.7 Å². The minimum absolute atomic E-state index is 0. The van der Waals surface area contributed by atoms with Gasteiger partial charge in [0.25, 0.3) is 0 Å². The van der Waals surface area contributed by atoms with Crippen molar-refractivity contribution in [3.05, 3.63) is 17.8 Å². The maximum absolute atomic E-state index is 11.4. The van der Waals surface area contributed by atoms with Gasteiger partial charge in [-0.3, -0.25) is 4.79 Å². The zero-order chi connectivity index (χ0) is 12.9. The van der Waals surface area contributed by atoms with Crippen LogP contribution in [0.2, 0.25) is 0 Å². The number of hydrogen-bond acceptors (Lipinski definition) is 4. The number of nitrogens with zero attached hydrogens (tertiary/aromatic N) is 1. The molecule has 5 nitrogen and oxygen atoms in total. The lowest BCUT2D eigenvalue weighted by atomic mass is 9.94. The summed E-state index contributed by atoms with van der Waals surface area (Å²) in [6, 6.07) is 0. The Kier molecular flexibility index (Phi) is 6.94. The van der Waals surface area contributed by atoms with Crippen LogP contribution in [0.4, 0.5) is 0 Å². The highest BCUT2D eigenvalue weighted by molar-refractivity contribution is 5.85. The molecule has 18 heavy (non-hydrogen) atoms. The molecule has 0 radical (unpaired) electrons. The van der Waals surface area contributed by atoms with Crippen molar-refractivity contribution in [1.29, 1.82) is 0 Å². The van der Waals surface area contributed by atoms with Crippen molar-refractivity contribution < 1.29 is 9.21 Å². The van der Waals surface area contributed by atoms with Crippen molar-refractivity contribution >= 4 is 18.3 Å². The largest absolute Gasteiger partial charge is 0.443 e. The Morgan fingerprint density at radius 3 is 2.61 bits per heavy atom. The molecule has 0 unspecified atom stereocenters. The summed E-state index contributed by atoms with van der Waals surface area (Å²) in [6.45, 7) is 7.19. The first-order chi connectivity index (χ1) is 7.93. The van der Waals surface area contributed by atoms with Crippen LogP contribution in [0.15, 0.2) is 10.6 Å². The Labute approximate surface area is 114 Å². The lowest BCUT2D eigenvalue weighted by Crippen LogP contribution is -2.26. The number of aromatic nitrogens is 1. The highest BCUT2D eigenvalue weighted by Gasteiger charge is 2.19. The lowest BCUT2D eigenvalue weighted by molar-refractivity contribution is -0.121. The molecule has 1 heterocycles. The molecule has 104 valence electrons. The molecule has 0 saturated heterocycles. The van der Waals surface area contributed by atoms with E-state index in [1.165, 1.54) is 0 Å². The number of carbonyl (C=O) groups is 1. The maximum Gasteiger partial charge on any atom is 0.221 e. The molecule has 0 spiro atoms. The molecule has 0 atom stereocenters. The fourth-order valence-corrected chi connectivity index (χ4v) is 1.24. The fourth-order valence-electron chi connectivity index (χ4n) is 1.24. The summed E-state index contributed by atoms with van der Waals surface area (Å²) in [5.41, 5.74) is -0.0542. The van der Waals surface area contributed by atoms with Crippen LogP contribution in [0.25, 0.3) is 0 Å². The van der Waals surface area contributed by atoms with Crippen molar-refractivity contribution in [2.75, 3.05) is 13.6 Å². The van der Waals surface area contributed by atoms with E-state index in [2.05, 4.69) is 36.4 Å². The average molecular weight is 276 g/mol. The first-order valence-corrected chi connectivity index (χ1v) is 5.80. The van der Waals surface area contributed by atoms with Crippen molar-refractivity contribution in [2.45, 2.75) is 39.2 Å². The normalized spacial score (nSPS) is 10.9. The Hall–Kier alpha value is -1.07.